The van der Waals surface area contributed by atoms with Gasteiger partial charge in [0, 0.05) is 23.6 Å². The van der Waals surface area contributed by atoms with Crippen LogP contribution in [0.5, 0.6) is 0 Å². The highest BCUT2D eigenvalue weighted by atomic mass is 32.2. The van der Waals surface area contributed by atoms with Crippen LogP contribution < -0.4 is 0 Å². The van der Waals surface area contributed by atoms with Crippen LogP contribution >= 0.6 is 0 Å². The summed E-state index contributed by atoms with van der Waals surface area (Å²) in [5.41, 5.74) is 2.91. The number of sulfone groups is 1. The largest absolute Gasteiger partial charge is 0.411 e. The SMILES string of the molecule is CS(=O)(=O)c1ccc(-n2cc(/C=N/O)c(-c3ccccc3)n2)cc1. The lowest BCUT2D eigenvalue weighted by Crippen LogP contribution is -1.99. The zero-order valence-electron chi connectivity index (χ0n) is 12.9. The van der Waals surface area contributed by atoms with Gasteiger partial charge in [-0.1, -0.05) is 35.5 Å². The molecule has 0 amide bonds. The van der Waals surface area contributed by atoms with E-state index in [9.17, 15) is 8.42 Å². The molecule has 3 rings (SSSR count). The Balaban J connectivity index is 2.06. The zero-order valence-corrected chi connectivity index (χ0v) is 13.7. The zero-order chi connectivity index (χ0) is 17.2. The molecule has 0 aliphatic heterocycles. The van der Waals surface area contributed by atoms with Crippen LogP contribution in [-0.4, -0.2) is 35.9 Å². The molecule has 3 aromatic rings. The quantitative estimate of drug-likeness (QED) is 0.449. The number of benzene rings is 2. The van der Waals surface area contributed by atoms with Gasteiger partial charge in [0.05, 0.1) is 16.8 Å². The van der Waals surface area contributed by atoms with Gasteiger partial charge in [-0.3, -0.25) is 0 Å². The first-order valence-electron chi connectivity index (χ1n) is 7.12. The van der Waals surface area contributed by atoms with Crippen molar-refractivity contribution in [3.05, 3.63) is 66.4 Å². The number of aromatic nitrogens is 2. The van der Waals surface area contributed by atoms with Gasteiger partial charge in [-0.2, -0.15) is 5.10 Å². The van der Waals surface area contributed by atoms with Crippen molar-refractivity contribution in [1.82, 2.24) is 9.78 Å². The highest BCUT2D eigenvalue weighted by Gasteiger charge is 2.12. The van der Waals surface area contributed by atoms with Crippen LogP contribution in [0.1, 0.15) is 5.56 Å². The summed E-state index contributed by atoms with van der Waals surface area (Å²) in [5.74, 6) is 0. The third-order valence-corrected chi connectivity index (χ3v) is 4.64. The van der Waals surface area contributed by atoms with Crippen molar-refractivity contribution in [2.24, 2.45) is 5.16 Å². The Morgan fingerprint density at radius 1 is 1.08 bits per heavy atom. The Hall–Kier alpha value is -2.93. The minimum Gasteiger partial charge on any atom is -0.411 e. The second-order valence-electron chi connectivity index (χ2n) is 5.25. The minimum atomic E-state index is -3.24. The molecule has 7 heteroatoms. The predicted molar refractivity (Wildman–Crippen MR) is 91.5 cm³/mol. The molecule has 0 fully saturated rings. The van der Waals surface area contributed by atoms with Crippen LogP contribution in [0, 0.1) is 0 Å². The molecular formula is C17H15N3O3S. The number of hydrogen-bond donors (Lipinski definition) is 1. The van der Waals surface area contributed by atoms with E-state index in [0.29, 0.717) is 16.9 Å². The number of oxime groups is 1. The van der Waals surface area contributed by atoms with Crippen LogP contribution in [0.4, 0.5) is 0 Å². The topological polar surface area (TPSA) is 84.5 Å². The van der Waals surface area contributed by atoms with Gasteiger partial charge in [-0.25, -0.2) is 13.1 Å². The maximum atomic E-state index is 11.5. The summed E-state index contributed by atoms with van der Waals surface area (Å²) in [4.78, 5) is 0.249. The van der Waals surface area contributed by atoms with E-state index in [1.165, 1.54) is 24.6 Å². The molecule has 2 aromatic carbocycles. The Bertz CT molecular complexity index is 976. The molecule has 0 aliphatic rings. The summed E-state index contributed by atoms with van der Waals surface area (Å²) in [6, 6.07) is 16.0. The second-order valence-corrected chi connectivity index (χ2v) is 7.27. The van der Waals surface area contributed by atoms with Crippen molar-refractivity contribution >= 4 is 16.1 Å². The Morgan fingerprint density at radius 2 is 1.75 bits per heavy atom. The molecule has 0 bridgehead atoms. The van der Waals surface area contributed by atoms with Gasteiger partial charge in [0.15, 0.2) is 9.84 Å². The molecule has 24 heavy (non-hydrogen) atoms. The molecule has 1 N–H and O–H groups in total. The van der Waals surface area contributed by atoms with Crippen molar-refractivity contribution in [2.75, 3.05) is 6.26 Å². The third-order valence-electron chi connectivity index (χ3n) is 3.52. The van der Waals surface area contributed by atoms with Crippen molar-refractivity contribution in [1.29, 1.82) is 0 Å². The van der Waals surface area contributed by atoms with E-state index in [0.717, 1.165) is 5.56 Å². The fourth-order valence-corrected chi connectivity index (χ4v) is 2.97. The van der Waals surface area contributed by atoms with Crippen LogP contribution in [0.2, 0.25) is 0 Å². The number of nitrogens with zero attached hydrogens (tertiary/aromatic N) is 3. The standard InChI is InChI=1S/C17H15N3O3S/c1-24(22,23)16-9-7-15(8-10-16)20-12-14(11-18-21)17(19-20)13-5-3-2-4-6-13/h2-12,21H,1H3/b18-11+. The first kappa shape index (κ1) is 15.9. The van der Waals surface area contributed by atoms with Gasteiger partial charge < -0.3 is 5.21 Å². The smallest absolute Gasteiger partial charge is 0.175 e. The fourth-order valence-electron chi connectivity index (χ4n) is 2.34. The third kappa shape index (κ3) is 3.21. The van der Waals surface area contributed by atoms with E-state index < -0.39 is 9.84 Å². The molecule has 6 nitrogen and oxygen atoms in total. The summed E-state index contributed by atoms with van der Waals surface area (Å²) < 4.78 is 24.7. The number of hydrogen-bond acceptors (Lipinski definition) is 5. The maximum absolute atomic E-state index is 11.5. The summed E-state index contributed by atoms with van der Waals surface area (Å²) in [6.07, 6.45) is 4.20. The second kappa shape index (κ2) is 6.29. The lowest BCUT2D eigenvalue weighted by Gasteiger charge is -2.03. The molecule has 1 aromatic heterocycles. The average molecular weight is 341 g/mol. The van der Waals surface area contributed by atoms with Gasteiger partial charge in [-0.15, -0.1) is 0 Å². The van der Waals surface area contributed by atoms with Gasteiger partial charge in [0.1, 0.15) is 5.69 Å². The molecular weight excluding hydrogens is 326 g/mol. The lowest BCUT2D eigenvalue weighted by atomic mass is 10.1. The van der Waals surface area contributed by atoms with Gasteiger partial charge in [0.2, 0.25) is 0 Å². The summed E-state index contributed by atoms with van der Waals surface area (Å²) in [7, 11) is -3.24. The van der Waals surface area contributed by atoms with Crippen LogP contribution in [0.25, 0.3) is 16.9 Å². The highest BCUT2D eigenvalue weighted by molar-refractivity contribution is 7.90. The minimum absolute atomic E-state index is 0.249. The molecule has 0 atom stereocenters. The Labute approximate surface area is 139 Å². The molecule has 122 valence electrons. The summed E-state index contributed by atoms with van der Waals surface area (Å²) >= 11 is 0. The highest BCUT2D eigenvalue weighted by Crippen LogP contribution is 2.23. The number of rotatable bonds is 4. The average Bonchev–Trinajstić information content (AvgIpc) is 2.99. The van der Waals surface area contributed by atoms with Crippen molar-refractivity contribution < 1.29 is 13.6 Å². The van der Waals surface area contributed by atoms with Crippen molar-refractivity contribution in [3.8, 4) is 16.9 Å². The van der Waals surface area contributed by atoms with E-state index in [4.69, 9.17) is 5.21 Å². The first-order chi connectivity index (χ1) is 11.5. The van der Waals surface area contributed by atoms with Crippen LogP contribution in [0.3, 0.4) is 0 Å². The summed E-state index contributed by atoms with van der Waals surface area (Å²) in [6.45, 7) is 0. The van der Waals surface area contributed by atoms with Crippen LogP contribution in [-0.2, 0) is 9.84 Å². The van der Waals surface area contributed by atoms with E-state index in [-0.39, 0.29) is 4.90 Å². The fraction of sp³-hybridized carbons (Fsp3) is 0.0588. The van der Waals surface area contributed by atoms with E-state index in [1.54, 1.807) is 23.0 Å². The van der Waals surface area contributed by atoms with Crippen LogP contribution in [0.15, 0.2) is 70.8 Å². The maximum Gasteiger partial charge on any atom is 0.175 e. The molecule has 0 saturated carbocycles. The van der Waals surface area contributed by atoms with E-state index >= 15 is 0 Å². The molecule has 0 spiro atoms. The molecule has 0 aliphatic carbocycles. The monoisotopic (exact) mass is 341 g/mol. The van der Waals surface area contributed by atoms with Crippen molar-refractivity contribution in [3.63, 3.8) is 0 Å². The lowest BCUT2D eigenvalue weighted by molar-refractivity contribution is 0.322. The van der Waals surface area contributed by atoms with Crippen molar-refractivity contribution in [2.45, 2.75) is 4.90 Å². The van der Waals surface area contributed by atoms with E-state index in [2.05, 4.69) is 10.3 Å². The normalized spacial score (nSPS) is 11.9. The Kier molecular flexibility index (Phi) is 4.18. The molecule has 1 heterocycles. The summed E-state index contributed by atoms with van der Waals surface area (Å²) in [5, 5.41) is 16.5. The first-order valence-corrected chi connectivity index (χ1v) is 9.01. The molecule has 0 saturated heterocycles. The van der Waals surface area contributed by atoms with Gasteiger partial charge in [-0.05, 0) is 24.3 Å². The molecule has 0 unspecified atom stereocenters. The van der Waals surface area contributed by atoms with E-state index in [1.807, 2.05) is 30.3 Å². The van der Waals surface area contributed by atoms with Gasteiger partial charge >= 0.3 is 0 Å². The van der Waals surface area contributed by atoms with Gasteiger partial charge in [0.25, 0.3) is 0 Å². The predicted octanol–water partition coefficient (Wildman–Crippen LogP) is 2.75. The molecule has 0 radical (unpaired) electrons. The Morgan fingerprint density at radius 3 is 2.33 bits per heavy atom.